The average Bonchev–Trinajstić information content (AvgIpc) is 0.752. The van der Waals surface area contributed by atoms with E-state index in [9.17, 15) is 4.79 Å². The second kappa shape index (κ2) is 32.8. The maximum atomic E-state index is 13.8. The molecule has 0 aromatic heterocycles. The fourth-order valence-electron chi connectivity index (χ4n) is 13.7. The largest absolute Gasteiger partial charge is 0.454 e. The van der Waals surface area contributed by atoms with Crippen molar-refractivity contribution in [3.8, 4) is 0 Å². The van der Waals surface area contributed by atoms with Crippen LogP contribution >= 0.6 is 0 Å². The highest BCUT2D eigenvalue weighted by atomic mass is 16.8. The molecule has 95 heavy (non-hydrogen) atoms. The van der Waals surface area contributed by atoms with Gasteiger partial charge in [0.15, 0.2) is 18.7 Å². The van der Waals surface area contributed by atoms with E-state index in [0.29, 0.717) is 19.6 Å². The van der Waals surface area contributed by atoms with Gasteiger partial charge in [-0.3, -0.25) is 4.79 Å². The van der Waals surface area contributed by atoms with Gasteiger partial charge in [0.05, 0.1) is 83.9 Å². The molecule has 4 aliphatic rings. The Morgan fingerprint density at radius 3 is 1.40 bits per heavy atom. The summed E-state index contributed by atoms with van der Waals surface area (Å²) in [7, 11) is 0. The number of esters is 1. The first-order valence-corrected chi connectivity index (χ1v) is 33.3. The van der Waals surface area contributed by atoms with Gasteiger partial charge < -0.3 is 61.6 Å². The molecule has 14 heteroatoms. The molecule has 1 unspecified atom stereocenters. The van der Waals surface area contributed by atoms with Crippen molar-refractivity contribution in [3.63, 3.8) is 0 Å². The van der Waals surface area contributed by atoms with Gasteiger partial charge in [0.1, 0.15) is 42.7 Å². The lowest BCUT2D eigenvalue weighted by molar-refractivity contribution is -0.388. The molecule has 13 rings (SSSR count). The lowest BCUT2D eigenvalue weighted by Crippen LogP contribution is -2.69. The van der Waals surface area contributed by atoms with E-state index in [0.717, 1.165) is 55.3 Å². The van der Waals surface area contributed by atoms with Crippen LogP contribution in [0.1, 0.15) is 71.1 Å². The molecule has 3 aliphatic heterocycles. The van der Waals surface area contributed by atoms with Crippen molar-refractivity contribution in [1.82, 2.24) is 0 Å². The standard InChI is InChI=1S/C81H84O14/c1-55-44-67(84-52-63-42-43-64-38-24-25-41-66(64)45-63)70(74(86-48-59-30-14-5-15-31-59)71(55)85-47-58-28-12-4-13-29-58)75-78(89-51-62-36-20-8-21-37-62)76(87-49-60-32-16-6-17-33-60)72(68(92-75)53-83-46-57-26-10-3-11-27-57)95-81-79(91-56(2)82)77(88-50-61-34-18-7-19-35-61)73-69(93-81)54-90-80(94-73)65-39-22-9-23-40-65/h3-43,45,55,67-81H,44,46-54H2,1-2H3/t55-,67-,68-,69-,70+,71+,72-,73-,74+,75-,76+,77+,78+,79-,80?,81+/m1/s1. The molecule has 1 aliphatic carbocycles. The fourth-order valence-corrected chi connectivity index (χ4v) is 13.7. The Kier molecular flexibility index (Phi) is 22.7. The molecule has 0 N–H and O–H groups in total. The highest BCUT2D eigenvalue weighted by Gasteiger charge is 2.60. The number of hydrogen-bond acceptors (Lipinski definition) is 14. The van der Waals surface area contributed by atoms with Crippen molar-refractivity contribution in [2.24, 2.45) is 11.8 Å². The smallest absolute Gasteiger partial charge is 0.303 e. The van der Waals surface area contributed by atoms with Crippen LogP contribution in [-0.2, 0) is 113 Å². The van der Waals surface area contributed by atoms with Gasteiger partial charge >= 0.3 is 5.97 Å². The summed E-state index contributed by atoms with van der Waals surface area (Å²) in [6, 6.07) is 85.1. The van der Waals surface area contributed by atoms with Crippen LogP contribution in [0.15, 0.2) is 255 Å². The molecule has 9 aromatic rings. The van der Waals surface area contributed by atoms with E-state index in [2.05, 4.69) is 73.7 Å². The van der Waals surface area contributed by atoms with Crippen LogP contribution in [0.5, 0.6) is 0 Å². The maximum Gasteiger partial charge on any atom is 0.303 e. The molecule has 9 aromatic carbocycles. The first-order chi connectivity index (χ1) is 46.8. The van der Waals surface area contributed by atoms with E-state index >= 15 is 0 Å². The van der Waals surface area contributed by atoms with Crippen molar-refractivity contribution in [3.05, 3.63) is 299 Å². The average molecular weight is 1280 g/mol. The summed E-state index contributed by atoms with van der Waals surface area (Å²) in [5, 5.41) is 2.27. The molecule has 1 saturated carbocycles. The minimum atomic E-state index is -1.31. The molecule has 492 valence electrons. The predicted octanol–water partition coefficient (Wildman–Crippen LogP) is 14.4. The second-order valence-electron chi connectivity index (χ2n) is 25.2. The van der Waals surface area contributed by atoms with Crippen LogP contribution in [0.2, 0.25) is 0 Å². The van der Waals surface area contributed by atoms with E-state index in [-0.39, 0.29) is 52.2 Å². The third-order valence-electron chi connectivity index (χ3n) is 18.4. The molecular weight excluding hydrogens is 1200 g/mol. The second-order valence-corrected chi connectivity index (χ2v) is 25.2. The van der Waals surface area contributed by atoms with E-state index in [1.807, 2.05) is 188 Å². The number of hydrogen-bond donors (Lipinski definition) is 0. The summed E-state index contributed by atoms with van der Waals surface area (Å²) in [5.74, 6) is -1.22. The van der Waals surface area contributed by atoms with Gasteiger partial charge in [-0.15, -0.1) is 0 Å². The third kappa shape index (κ3) is 17.1. The molecule has 0 amide bonds. The number of carbonyl (C=O) groups is 1. The summed E-state index contributed by atoms with van der Waals surface area (Å²) in [6.45, 7) is 5.37. The molecular formula is C81H84O14. The third-order valence-corrected chi connectivity index (χ3v) is 18.4. The lowest BCUT2D eigenvalue weighted by atomic mass is 9.70. The Morgan fingerprint density at radius 2 is 0.863 bits per heavy atom. The Labute approximate surface area is 557 Å². The van der Waals surface area contributed by atoms with Crippen LogP contribution in [0.4, 0.5) is 0 Å². The summed E-state index contributed by atoms with van der Waals surface area (Å²) in [6.07, 6.45) is -11.5. The lowest BCUT2D eigenvalue weighted by Gasteiger charge is -2.55. The van der Waals surface area contributed by atoms with E-state index in [1.54, 1.807) is 0 Å². The Balaban J connectivity index is 0.942. The van der Waals surface area contributed by atoms with Gasteiger partial charge in [-0.1, -0.05) is 256 Å². The van der Waals surface area contributed by atoms with Crippen molar-refractivity contribution >= 4 is 16.7 Å². The monoisotopic (exact) mass is 1280 g/mol. The molecule has 0 spiro atoms. The minimum Gasteiger partial charge on any atom is -0.454 e. The molecule has 4 fully saturated rings. The summed E-state index contributed by atoms with van der Waals surface area (Å²) >= 11 is 0. The quantitative estimate of drug-likeness (QED) is 0.0452. The van der Waals surface area contributed by atoms with E-state index < -0.39 is 97.7 Å². The van der Waals surface area contributed by atoms with Crippen molar-refractivity contribution < 1.29 is 66.4 Å². The topological polar surface area (TPSA) is 137 Å². The molecule has 0 radical (unpaired) electrons. The highest BCUT2D eigenvalue weighted by molar-refractivity contribution is 5.83. The van der Waals surface area contributed by atoms with Crippen LogP contribution in [0.3, 0.4) is 0 Å². The molecule has 16 atom stereocenters. The van der Waals surface area contributed by atoms with Crippen molar-refractivity contribution in [2.45, 2.75) is 152 Å². The van der Waals surface area contributed by atoms with Crippen LogP contribution < -0.4 is 0 Å². The Hall–Kier alpha value is -7.77. The van der Waals surface area contributed by atoms with E-state index in [4.69, 9.17) is 61.6 Å². The van der Waals surface area contributed by atoms with Crippen LogP contribution in [-0.4, -0.2) is 98.7 Å². The zero-order valence-corrected chi connectivity index (χ0v) is 53.8. The summed E-state index contributed by atoms with van der Waals surface area (Å²) < 4.78 is 93.8. The number of ether oxygens (including phenoxy) is 13. The van der Waals surface area contributed by atoms with Crippen molar-refractivity contribution in [1.29, 1.82) is 0 Å². The predicted molar refractivity (Wildman–Crippen MR) is 359 cm³/mol. The summed E-state index contributed by atoms with van der Waals surface area (Å²) in [4.78, 5) is 13.8. The molecule has 14 nitrogen and oxygen atoms in total. The number of fused-ring (bicyclic) bond motifs is 2. The zero-order valence-electron chi connectivity index (χ0n) is 53.8. The minimum absolute atomic E-state index is 0.0117. The van der Waals surface area contributed by atoms with Crippen molar-refractivity contribution in [2.75, 3.05) is 13.2 Å². The van der Waals surface area contributed by atoms with Gasteiger partial charge in [-0.05, 0) is 68.1 Å². The van der Waals surface area contributed by atoms with Gasteiger partial charge in [0.25, 0.3) is 0 Å². The van der Waals surface area contributed by atoms with Gasteiger partial charge in [-0.25, -0.2) is 0 Å². The van der Waals surface area contributed by atoms with Gasteiger partial charge in [0.2, 0.25) is 0 Å². The maximum absolute atomic E-state index is 13.8. The number of rotatable bonds is 27. The first kappa shape index (κ1) is 65.9. The Morgan fingerprint density at radius 1 is 0.411 bits per heavy atom. The van der Waals surface area contributed by atoms with Crippen LogP contribution in [0, 0.1) is 11.8 Å². The zero-order chi connectivity index (χ0) is 64.6. The highest BCUT2D eigenvalue weighted by Crippen LogP contribution is 2.46. The number of benzene rings is 9. The molecule has 3 heterocycles. The molecule has 0 bridgehead atoms. The summed E-state index contributed by atoms with van der Waals surface area (Å²) in [5.41, 5.74) is 7.61. The SMILES string of the molecule is CC(=O)O[C@H]1[C@H](O[C@H]2[C@H](OCc3ccccc3)[C@@H](OCc3ccccc3)[C@@H]([C@@H]3[C@H](OCc4ccccc4)[C@@H](OCc4ccccc4)[C@H](C)C[C@H]3OCc3ccc4ccccc4c3)O[C@@H]2COCc2ccccc2)O[C@@H]2COC(c3ccccc3)O[C@H]2[C@@H]1OCc1ccccc1. The fraction of sp³-hybridized carbons (Fsp3) is 0.346. The van der Waals surface area contributed by atoms with E-state index in [1.165, 1.54) is 6.92 Å². The normalized spacial score (nSPS) is 27.5. The van der Waals surface area contributed by atoms with Gasteiger partial charge in [0, 0.05) is 18.4 Å². The number of carbonyl (C=O) groups excluding carboxylic acids is 1. The van der Waals surface area contributed by atoms with Gasteiger partial charge in [-0.2, -0.15) is 0 Å². The molecule has 3 saturated heterocycles. The first-order valence-electron chi connectivity index (χ1n) is 33.3. The van der Waals surface area contributed by atoms with Crippen LogP contribution in [0.25, 0.3) is 10.8 Å². The Bertz CT molecular complexity index is 3740.